The fourth-order valence-corrected chi connectivity index (χ4v) is 2.36. The van der Waals surface area contributed by atoms with Gasteiger partial charge in [-0.05, 0) is 31.4 Å². The summed E-state index contributed by atoms with van der Waals surface area (Å²) >= 11 is 0. The second-order valence-electron chi connectivity index (χ2n) is 5.49. The zero-order valence-corrected chi connectivity index (χ0v) is 12.9. The van der Waals surface area contributed by atoms with Crippen molar-refractivity contribution < 1.29 is 14.4 Å². The van der Waals surface area contributed by atoms with E-state index in [0.29, 0.717) is 24.2 Å². The number of fused-ring (bicyclic) bond motifs is 1. The molecule has 6 nitrogen and oxygen atoms in total. The molecular weight excluding hydrogens is 294 g/mol. The highest BCUT2D eigenvalue weighted by molar-refractivity contribution is 6.46. The zero-order chi connectivity index (χ0) is 16.7. The van der Waals surface area contributed by atoms with Crippen LogP contribution in [0.15, 0.2) is 36.0 Å². The van der Waals surface area contributed by atoms with E-state index in [2.05, 4.69) is 10.6 Å². The number of hydrogen-bond acceptors (Lipinski definition) is 4. The fourth-order valence-electron chi connectivity index (χ4n) is 2.36. The van der Waals surface area contributed by atoms with Crippen molar-refractivity contribution in [2.45, 2.75) is 38.5 Å². The second-order valence-corrected chi connectivity index (χ2v) is 5.49. The van der Waals surface area contributed by atoms with Gasteiger partial charge in [0, 0.05) is 6.42 Å². The largest absolute Gasteiger partial charge is 0.396 e. The smallest absolute Gasteiger partial charge is 0.298 e. The van der Waals surface area contributed by atoms with Gasteiger partial charge < -0.3 is 16.4 Å². The van der Waals surface area contributed by atoms with Crippen LogP contribution in [0.1, 0.15) is 38.5 Å². The number of hydrogen-bond donors (Lipinski definition) is 3. The van der Waals surface area contributed by atoms with Crippen molar-refractivity contribution in [2.24, 2.45) is 5.73 Å². The summed E-state index contributed by atoms with van der Waals surface area (Å²) in [6, 6.07) is 6.76. The van der Waals surface area contributed by atoms with Crippen LogP contribution in [-0.4, -0.2) is 17.6 Å². The van der Waals surface area contributed by atoms with E-state index in [1.54, 1.807) is 30.3 Å². The molecule has 2 rings (SSSR count). The summed E-state index contributed by atoms with van der Waals surface area (Å²) in [5, 5.41) is 5.27. The lowest BCUT2D eigenvalue weighted by atomic mass is 10.1. The molecule has 2 amide bonds. The summed E-state index contributed by atoms with van der Waals surface area (Å²) in [5.41, 5.74) is 6.48. The summed E-state index contributed by atoms with van der Waals surface area (Å²) in [6.45, 7) is 0. The lowest BCUT2D eigenvalue weighted by molar-refractivity contribution is -0.132. The van der Waals surface area contributed by atoms with Gasteiger partial charge in [0.2, 0.25) is 5.91 Å². The number of rotatable bonds is 0. The predicted molar refractivity (Wildman–Crippen MR) is 88.7 cm³/mol. The van der Waals surface area contributed by atoms with E-state index in [4.69, 9.17) is 5.73 Å². The van der Waals surface area contributed by atoms with Gasteiger partial charge in [-0.3, -0.25) is 14.4 Å². The summed E-state index contributed by atoms with van der Waals surface area (Å²) in [5.74, 6) is -1.68. The van der Waals surface area contributed by atoms with E-state index in [1.807, 2.05) is 0 Å². The number of allylic oxidation sites excluding steroid dienone is 1. The number of para-hydroxylation sites is 2. The molecule has 0 unspecified atom stereocenters. The summed E-state index contributed by atoms with van der Waals surface area (Å²) in [6.07, 6.45) is 6.24. The van der Waals surface area contributed by atoms with Gasteiger partial charge in [-0.2, -0.15) is 0 Å². The van der Waals surface area contributed by atoms with Gasteiger partial charge in [0.15, 0.2) is 0 Å². The van der Waals surface area contributed by atoms with Crippen molar-refractivity contribution in [3.8, 4) is 0 Å². The van der Waals surface area contributed by atoms with Crippen LogP contribution in [0.2, 0.25) is 0 Å². The van der Waals surface area contributed by atoms with Crippen LogP contribution in [0.5, 0.6) is 0 Å². The number of carbonyl (C=O) groups is 3. The normalized spacial score (nSPS) is 17.9. The highest BCUT2D eigenvalue weighted by Crippen LogP contribution is 2.22. The summed E-state index contributed by atoms with van der Waals surface area (Å²) in [7, 11) is 0. The van der Waals surface area contributed by atoms with E-state index in [0.717, 1.165) is 25.7 Å². The molecule has 1 aromatic rings. The standard InChI is InChI=1S/C17H21N3O3/c18-12-8-4-2-1-3-5-11-15(21)19-13-9-6-7-10-14(13)20-17(23)16(12)22/h6-10H,1-5,11,18H2,(H,19,21)(H,20,23). The molecule has 1 aromatic carbocycles. The van der Waals surface area contributed by atoms with Crippen LogP contribution >= 0.6 is 0 Å². The fraction of sp³-hybridized carbons (Fsp3) is 0.353. The first-order valence-corrected chi connectivity index (χ1v) is 7.78. The number of Topliss-reactive ketones (excluding diaryl/α,β-unsaturated/α-hetero) is 1. The van der Waals surface area contributed by atoms with Crippen molar-refractivity contribution in [1.29, 1.82) is 0 Å². The SMILES string of the molecule is NC1=CCCCCCCC(=O)Nc2ccccc2NC(=O)C1=O. The Bertz CT molecular complexity index is 638. The van der Waals surface area contributed by atoms with Crippen LogP contribution < -0.4 is 16.4 Å². The van der Waals surface area contributed by atoms with Crippen molar-refractivity contribution in [3.05, 3.63) is 36.0 Å². The Balaban J connectivity index is 2.23. The number of anilines is 2. The lowest BCUT2D eigenvalue weighted by Crippen LogP contribution is -2.28. The van der Waals surface area contributed by atoms with E-state index in [9.17, 15) is 14.4 Å². The molecule has 0 radical (unpaired) electrons. The number of amides is 2. The lowest BCUT2D eigenvalue weighted by Gasteiger charge is -2.11. The first-order chi connectivity index (χ1) is 11.1. The van der Waals surface area contributed by atoms with Crippen LogP contribution in [0, 0.1) is 0 Å². The maximum atomic E-state index is 12.0. The molecule has 0 fully saturated rings. The Hall–Kier alpha value is -2.63. The van der Waals surface area contributed by atoms with Gasteiger partial charge in [-0.15, -0.1) is 0 Å². The second kappa shape index (κ2) is 8.12. The van der Waals surface area contributed by atoms with Gasteiger partial charge in [-0.1, -0.05) is 31.1 Å². The van der Waals surface area contributed by atoms with Crippen LogP contribution in [0.4, 0.5) is 11.4 Å². The molecule has 0 saturated heterocycles. The van der Waals surface area contributed by atoms with Gasteiger partial charge in [0.05, 0.1) is 17.1 Å². The van der Waals surface area contributed by atoms with E-state index >= 15 is 0 Å². The molecular formula is C17H21N3O3. The minimum atomic E-state index is -0.810. The quantitative estimate of drug-likeness (QED) is 0.639. The Morgan fingerprint density at radius 3 is 2.26 bits per heavy atom. The third-order valence-corrected chi connectivity index (χ3v) is 3.64. The van der Waals surface area contributed by atoms with Gasteiger partial charge >= 0.3 is 0 Å². The molecule has 0 bridgehead atoms. The zero-order valence-electron chi connectivity index (χ0n) is 12.9. The molecule has 1 aliphatic heterocycles. The molecule has 122 valence electrons. The molecule has 0 saturated carbocycles. The number of carbonyl (C=O) groups excluding carboxylic acids is 3. The van der Waals surface area contributed by atoms with E-state index in [-0.39, 0.29) is 11.6 Å². The molecule has 1 heterocycles. The number of nitrogens with two attached hydrogens (primary N) is 1. The van der Waals surface area contributed by atoms with Gasteiger partial charge in [0.1, 0.15) is 0 Å². The van der Waals surface area contributed by atoms with Crippen molar-refractivity contribution in [3.63, 3.8) is 0 Å². The highest BCUT2D eigenvalue weighted by atomic mass is 16.2. The first-order valence-electron chi connectivity index (χ1n) is 7.78. The molecule has 0 aromatic heterocycles. The van der Waals surface area contributed by atoms with Crippen LogP contribution in [0.25, 0.3) is 0 Å². The number of ketones is 1. The van der Waals surface area contributed by atoms with E-state index < -0.39 is 11.7 Å². The molecule has 0 aliphatic carbocycles. The molecule has 4 N–H and O–H groups in total. The minimum Gasteiger partial charge on any atom is -0.396 e. The minimum absolute atomic E-state index is 0.0427. The molecule has 0 atom stereocenters. The van der Waals surface area contributed by atoms with Gasteiger partial charge in [0.25, 0.3) is 11.7 Å². The van der Waals surface area contributed by atoms with Gasteiger partial charge in [-0.25, -0.2) is 0 Å². The maximum absolute atomic E-state index is 12.0. The molecule has 0 spiro atoms. The average molecular weight is 315 g/mol. The highest BCUT2D eigenvalue weighted by Gasteiger charge is 2.18. The summed E-state index contributed by atoms with van der Waals surface area (Å²) in [4.78, 5) is 35.9. The number of benzene rings is 1. The third-order valence-electron chi connectivity index (χ3n) is 3.64. The maximum Gasteiger partial charge on any atom is 0.298 e. The first kappa shape index (κ1) is 16.7. The van der Waals surface area contributed by atoms with Crippen molar-refractivity contribution >= 4 is 29.0 Å². The van der Waals surface area contributed by atoms with E-state index in [1.165, 1.54) is 0 Å². The Morgan fingerprint density at radius 1 is 0.870 bits per heavy atom. The van der Waals surface area contributed by atoms with Crippen molar-refractivity contribution in [1.82, 2.24) is 0 Å². The number of nitrogens with one attached hydrogen (secondary N) is 2. The Kier molecular flexibility index (Phi) is 5.91. The monoisotopic (exact) mass is 315 g/mol. The topological polar surface area (TPSA) is 101 Å². The van der Waals surface area contributed by atoms with Crippen molar-refractivity contribution in [2.75, 3.05) is 10.6 Å². The molecule has 23 heavy (non-hydrogen) atoms. The molecule has 6 heteroatoms. The van der Waals surface area contributed by atoms with Crippen LogP contribution in [0.3, 0.4) is 0 Å². The Morgan fingerprint density at radius 2 is 1.52 bits per heavy atom. The predicted octanol–water partition coefficient (Wildman–Crippen LogP) is 2.33. The molecule has 1 aliphatic rings. The Labute approximate surface area is 135 Å². The average Bonchev–Trinajstić information content (AvgIpc) is 2.54. The van der Waals surface area contributed by atoms with Crippen LogP contribution in [-0.2, 0) is 14.4 Å². The summed E-state index contributed by atoms with van der Waals surface area (Å²) < 4.78 is 0. The third kappa shape index (κ3) is 4.95.